The van der Waals surface area contributed by atoms with Crippen molar-refractivity contribution >= 4 is 40.7 Å². The Morgan fingerprint density at radius 2 is 2.00 bits per heavy atom. The van der Waals surface area contributed by atoms with Gasteiger partial charge in [-0.15, -0.1) is 0 Å². The molecule has 7 heteroatoms. The summed E-state index contributed by atoms with van der Waals surface area (Å²) in [7, 11) is 0. The van der Waals surface area contributed by atoms with Gasteiger partial charge in [-0.2, -0.15) is 0 Å². The molecule has 1 fully saturated rings. The lowest BCUT2D eigenvalue weighted by Crippen LogP contribution is -2.32. The van der Waals surface area contributed by atoms with E-state index in [0.717, 1.165) is 12.0 Å². The second-order valence-electron chi connectivity index (χ2n) is 6.42. The zero-order valence-electron chi connectivity index (χ0n) is 14.9. The van der Waals surface area contributed by atoms with Crippen LogP contribution in [0.5, 0.6) is 0 Å². The Bertz CT molecular complexity index is 898. The van der Waals surface area contributed by atoms with Crippen LogP contribution in [0.2, 0.25) is 5.02 Å². The van der Waals surface area contributed by atoms with E-state index in [9.17, 15) is 14.4 Å². The fourth-order valence-electron chi connectivity index (χ4n) is 2.96. The van der Waals surface area contributed by atoms with E-state index in [1.807, 2.05) is 13.0 Å². The van der Waals surface area contributed by atoms with Gasteiger partial charge in [-0.25, -0.2) is 0 Å². The first-order chi connectivity index (χ1) is 12.9. The third-order valence-corrected chi connectivity index (χ3v) is 4.59. The first-order valence-corrected chi connectivity index (χ1v) is 9.06. The quantitative estimate of drug-likeness (QED) is 0.829. The van der Waals surface area contributed by atoms with Crippen molar-refractivity contribution < 1.29 is 14.4 Å². The highest BCUT2D eigenvalue weighted by Crippen LogP contribution is 2.31. The van der Waals surface area contributed by atoms with Crippen molar-refractivity contribution in [1.29, 1.82) is 0 Å². The number of anilines is 2. The summed E-state index contributed by atoms with van der Waals surface area (Å²) in [5.74, 6) is -0.626. The number of carbonyl (C=O) groups excluding carboxylic acids is 3. The van der Waals surface area contributed by atoms with Gasteiger partial charge in [0.1, 0.15) is 0 Å². The van der Waals surface area contributed by atoms with Crippen LogP contribution in [-0.2, 0) is 9.59 Å². The monoisotopic (exact) mass is 385 g/mol. The summed E-state index contributed by atoms with van der Waals surface area (Å²) in [4.78, 5) is 37.6. The molecule has 3 amide bonds. The van der Waals surface area contributed by atoms with Crippen molar-refractivity contribution in [3.8, 4) is 0 Å². The molecule has 0 bridgehead atoms. The van der Waals surface area contributed by atoms with E-state index in [1.54, 1.807) is 41.3 Å². The number of rotatable bonds is 5. The van der Waals surface area contributed by atoms with E-state index in [4.69, 9.17) is 11.6 Å². The summed E-state index contributed by atoms with van der Waals surface area (Å²) in [6.45, 7) is 2.39. The summed E-state index contributed by atoms with van der Waals surface area (Å²) >= 11 is 6.27. The first-order valence-electron chi connectivity index (χ1n) is 8.68. The molecule has 27 heavy (non-hydrogen) atoms. The van der Waals surface area contributed by atoms with Gasteiger partial charge in [0.25, 0.3) is 5.91 Å². The molecule has 0 radical (unpaired) electrons. The standard InChI is InChI=1S/C20H20ClN3O3/c1-13-4-2-5-14(10-13)20(27)22-12-18(25)23-15-7-8-17(16(21)11-15)24-9-3-6-19(24)26/h2,4-5,7-8,10-11H,3,6,9,12H2,1H3,(H,22,27)(H,23,25). The Labute approximate surface area is 162 Å². The summed E-state index contributed by atoms with van der Waals surface area (Å²) < 4.78 is 0. The summed E-state index contributed by atoms with van der Waals surface area (Å²) in [6, 6.07) is 12.1. The number of benzene rings is 2. The van der Waals surface area contributed by atoms with Crippen molar-refractivity contribution in [1.82, 2.24) is 5.32 Å². The SMILES string of the molecule is Cc1cccc(C(=O)NCC(=O)Nc2ccc(N3CCCC3=O)c(Cl)c2)c1. The number of hydrogen-bond acceptors (Lipinski definition) is 3. The molecule has 3 rings (SSSR count). The highest BCUT2D eigenvalue weighted by Gasteiger charge is 2.23. The van der Waals surface area contributed by atoms with Gasteiger partial charge in [0, 0.05) is 24.2 Å². The number of carbonyl (C=O) groups is 3. The lowest BCUT2D eigenvalue weighted by Gasteiger charge is -2.18. The molecule has 0 atom stereocenters. The highest BCUT2D eigenvalue weighted by atomic mass is 35.5. The molecule has 2 aromatic rings. The lowest BCUT2D eigenvalue weighted by molar-refractivity contribution is -0.117. The zero-order valence-corrected chi connectivity index (χ0v) is 15.7. The second-order valence-corrected chi connectivity index (χ2v) is 6.82. The van der Waals surface area contributed by atoms with E-state index >= 15 is 0 Å². The average Bonchev–Trinajstić information content (AvgIpc) is 3.05. The average molecular weight is 386 g/mol. The van der Waals surface area contributed by atoms with Gasteiger partial charge in [-0.05, 0) is 43.7 Å². The van der Waals surface area contributed by atoms with Crippen LogP contribution < -0.4 is 15.5 Å². The van der Waals surface area contributed by atoms with Gasteiger partial charge in [-0.1, -0.05) is 29.3 Å². The van der Waals surface area contributed by atoms with Crippen LogP contribution in [0.3, 0.4) is 0 Å². The number of amides is 3. The molecule has 0 spiro atoms. The molecule has 2 aromatic carbocycles. The number of nitrogens with zero attached hydrogens (tertiary/aromatic N) is 1. The first kappa shape index (κ1) is 18.9. The van der Waals surface area contributed by atoms with Crippen molar-refractivity contribution in [2.75, 3.05) is 23.3 Å². The normalized spacial score (nSPS) is 13.6. The predicted molar refractivity (Wildman–Crippen MR) is 105 cm³/mol. The molecule has 140 valence electrons. The maximum atomic E-state index is 12.1. The molecule has 2 N–H and O–H groups in total. The molecule has 0 unspecified atom stereocenters. The molecule has 1 aliphatic rings. The maximum Gasteiger partial charge on any atom is 0.251 e. The third-order valence-electron chi connectivity index (χ3n) is 4.29. The van der Waals surface area contributed by atoms with Crippen LogP contribution in [0.15, 0.2) is 42.5 Å². The number of halogens is 1. The summed E-state index contributed by atoms with van der Waals surface area (Å²) in [6.07, 6.45) is 1.34. The molecule has 0 aliphatic carbocycles. The maximum absolute atomic E-state index is 12.1. The van der Waals surface area contributed by atoms with Gasteiger partial charge in [0.15, 0.2) is 0 Å². The van der Waals surface area contributed by atoms with Gasteiger partial charge in [0.05, 0.1) is 17.3 Å². The minimum atomic E-state index is -0.364. The van der Waals surface area contributed by atoms with Gasteiger partial charge >= 0.3 is 0 Å². The largest absolute Gasteiger partial charge is 0.343 e. The van der Waals surface area contributed by atoms with E-state index < -0.39 is 0 Å². The van der Waals surface area contributed by atoms with Crippen LogP contribution in [0, 0.1) is 6.92 Å². The van der Waals surface area contributed by atoms with Crippen molar-refractivity contribution in [2.45, 2.75) is 19.8 Å². The molecule has 1 aliphatic heterocycles. The minimum absolute atomic E-state index is 0.0487. The Balaban J connectivity index is 1.57. The van der Waals surface area contributed by atoms with E-state index in [-0.39, 0.29) is 24.3 Å². The molecule has 1 saturated heterocycles. The molecule has 0 aromatic heterocycles. The molecular weight excluding hydrogens is 366 g/mol. The van der Waals surface area contributed by atoms with Crippen molar-refractivity contribution in [2.24, 2.45) is 0 Å². The van der Waals surface area contributed by atoms with Crippen LogP contribution in [-0.4, -0.2) is 30.8 Å². The smallest absolute Gasteiger partial charge is 0.251 e. The molecule has 1 heterocycles. The molecule has 6 nitrogen and oxygen atoms in total. The van der Waals surface area contributed by atoms with Gasteiger partial charge in [-0.3, -0.25) is 14.4 Å². The fraction of sp³-hybridized carbons (Fsp3) is 0.250. The van der Waals surface area contributed by atoms with Crippen molar-refractivity contribution in [3.63, 3.8) is 0 Å². The Kier molecular flexibility index (Phi) is 5.76. The van der Waals surface area contributed by atoms with Crippen LogP contribution in [0.25, 0.3) is 0 Å². The van der Waals surface area contributed by atoms with Crippen LogP contribution in [0.1, 0.15) is 28.8 Å². The second kappa shape index (κ2) is 8.22. The number of nitrogens with one attached hydrogen (secondary N) is 2. The van der Waals surface area contributed by atoms with Crippen LogP contribution >= 0.6 is 11.6 Å². The highest BCUT2D eigenvalue weighted by molar-refractivity contribution is 6.34. The zero-order chi connectivity index (χ0) is 19.4. The topological polar surface area (TPSA) is 78.5 Å². The summed E-state index contributed by atoms with van der Waals surface area (Å²) in [5.41, 5.74) is 2.62. The number of aryl methyl sites for hydroxylation is 1. The summed E-state index contributed by atoms with van der Waals surface area (Å²) in [5, 5.41) is 5.67. The van der Waals surface area contributed by atoms with Crippen molar-refractivity contribution in [3.05, 3.63) is 58.6 Å². The van der Waals surface area contributed by atoms with Gasteiger partial charge < -0.3 is 15.5 Å². The Morgan fingerprint density at radius 3 is 2.67 bits per heavy atom. The van der Waals surface area contributed by atoms with Gasteiger partial charge in [0.2, 0.25) is 11.8 Å². The van der Waals surface area contributed by atoms with E-state index in [0.29, 0.717) is 34.9 Å². The molecular formula is C20H20ClN3O3. The lowest BCUT2D eigenvalue weighted by atomic mass is 10.1. The van der Waals surface area contributed by atoms with Crippen LogP contribution in [0.4, 0.5) is 11.4 Å². The predicted octanol–water partition coefficient (Wildman–Crippen LogP) is 3.14. The third kappa shape index (κ3) is 4.65. The van der Waals surface area contributed by atoms with E-state index in [2.05, 4.69) is 10.6 Å². The Hall–Kier alpha value is -2.86. The fourth-order valence-corrected chi connectivity index (χ4v) is 3.24. The minimum Gasteiger partial charge on any atom is -0.343 e. The number of hydrogen-bond donors (Lipinski definition) is 2. The molecule has 0 saturated carbocycles. The Morgan fingerprint density at radius 1 is 1.19 bits per heavy atom. The van der Waals surface area contributed by atoms with E-state index in [1.165, 1.54) is 0 Å².